The third kappa shape index (κ3) is 95.6. The summed E-state index contributed by atoms with van der Waals surface area (Å²) < 4.78 is 0. The van der Waals surface area contributed by atoms with Gasteiger partial charge in [-0.05, 0) is 0 Å². The van der Waals surface area contributed by atoms with Gasteiger partial charge in [0, 0.05) is 0 Å². The molecular formula is H7O4SbSi. The molecular weight excluding hydrogens is 214 g/mol. The number of hydrogen-bond acceptors (Lipinski definition) is 4. The van der Waals surface area contributed by atoms with Crippen molar-refractivity contribution in [2.75, 3.05) is 0 Å². The predicted molar refractivity (Wildman–Crippen MR) is 24.6 cm³/mol. The van der Waals surface area contributed by atoms with Crippen molar-refractivity contribution in [2.45, 2.75) is 0 Å². The first kappa shape index (κ1) is 9.98. The van der Waals surface area contributed by atoms with Crippen molar-refractivity contribution in [3.63, 3.8) is 0 Å². The number of rotatable bonds is 0. The van der Waals surface area contributed by atoms with E-state index in [0.717, 1.165) is 0 Å². The summed E-state index contributed by atoms with van der Waals surface area (Å²) in [5.74, 6) is 0. The quantitative estimate of drug-likeness (QED) is 0.316. The summed E-state index contributed by atoms with van der Waals surface area (Å²) >= 11 is 0. The Kier molecular flexibility index (Phi) is 4.92. The maximum absolute atomic E-state index is 7.33. The summed E-state index contributed by atoms with van der Waals surface area (Å²) in [5, 5.41) is 0. The molecule has 0 bridgehead atoms. The molecule has 0 radical (unpaired) electrons. The molecule has 0 aromatic rings. The third-order valence-electron chi connectivity index (χ3n) is 0. The van der Waals surface area contributed by atoms with E-state index in [4.69, 9.17) is 19.2 Å². The van der Waals surface area contributed by atoms with Gasteiger partial charge in [-0.15, -0.1) is 0 Å². The van der Waals surface area contributed by atoms with E-state index in [2.05, 4.69) is 0 Å². The van der Waals surface area contributed by atoms with Gasteiger partial charge < -0.3 is 19.2 Å². The van der Waals surface area contributed by atoms with Crippen LogP contribution in [-0.4, -0.2) is 52.7 Å². The van der Waals surface area contributed by atoms with Crippen molar-refractivity contribution in [3.8, 4) is 0 Å². The molecule has 0 spiro atoms. The molecule has 0 unspecified atom stereocenters. The molecule has 0 heterocycles. The minimum atomic E-state index is -4.61. The van der Waals surface area contributed by atoms with Crippen LogP contribution in [0.4, 0.5) is 0 Å². The van der Waals surface area contributed by atoms with Gasteiger partial charge in [0.05, 0.1) is 0 Å². The molecule has 0 aromatic heterocycles. The van der Waals surface area contributed by atoms with Crippen LogP contribution in [0.2, 0.25) is 0 Å². The van der Waals surface area contributed by atoms with Crippen LogP contribution in [0.3, 0.4) is 0 Å². The zero-order valence-corrected chi connectivity index (χ0v) is 8.03. The second kappa shape index (κ2) is 2.95. The fraction of sp³-hybridized carbons (Fsp3) is 0. The van der Waals surface area contributed by atoms with Gasteiger partial charge in [-0.25, -0.2) is 0 Å². The molecule has 6 heteroatoms. The van der Waals surface area contributed by atoms with Crippen molar-refractivity contribution >= 4 is 33.5 Å². The minimum absolute atomic E-state index is 0. The zero-order valence-electron chi connectivity index (χ0n) is 3.00. The van der Waals surface area contributed by atoms with Crippen LogP contribution in [0.25, 0.3) is 0 Å². The molecule has 0 aliphatic rings. The summed E-state index contributed by atoms with van der Waals surface area (Å²) in [6.45, 7) is 0. The Morgan fingerprint density at radius 1 is 0.833 bits per heavy atom. The van der Waals surface area contributed by atoms with E-state index in [1.807, 2.05) is 0 Å². The second-order valence-electron chi connectivity index (χ2n) is 0.600. The Bertz CT molecular complexity index is 23.0. The molecule has 0 fully saturated rings. The summed E-state index contributed by atoms with van der Waals surface area (Å²) in [4.78, 5) is 29.3. The van der Waals surface area contributed by atoms with Crippen LogP contribution >= 0.6 is 0 Å². The molecule has 0 atom stereocenters. The molecule has 0 saturated heterocycles. The van der Waals surface area contributed by atoms with E-state index in [1.54, 1.807) is 0 Å². The normalized spacial score (nSPS) is 10.0. The van der Waals surface area contributed by atoms with E-state index >= 15 is 0 Å². The van der Waals surface area contributed by atoms with Gasteiger partial charge in [0.2, 0.25) is 0 Å². The first-order valence-corrected chi connectivity index (χ1v) is 2.68. The monoisotopic (exact) mass is 220 g/mol. The molecule has 4 N–H and O–H groups in total. The van der Waals surface area contributed by atoms with E-state index in [9.17, 15) is 0 Å². The Morgan fingerprint density at radius 2 is 0.833 bits per heavy atom. The van der Waals surface area contributed by atoms with Crippen LogP contribution in [0, 0.1) is 0 Å². The second-order valence-corrected chi connectivity index (χ2v) is 1.80. The molecule has 0 saturated carbocycles. The van der Waals surface area contributed by atoms with Crippen molar-refractivity contribution in [1.82, 2.24) is 0 Å². The van der Waals surface area contributed by atoms with Crippen LogP contribution in [0.1, 0.15) is 0 Å². The van der Waals surface area contributed by atoms with Gasteiger partial charge in [0.1, 0.15) is 0 Å². The van der Waals surface area contributed by atoms with E-state index in [-0.39, 0.29) is 24.4 Å². The maximum atomic E-state index is 7.33. The van der Waals surface area contributed by atoms with E-state index in [0.29, 0.717) is 0 Å². The van der Waals surface area contributed by atoms with Crippen molar-refractivity contribution in [3.05, 3.63) is 0 Å². The zero-order chi connectivity index (χ0) is 4.50. The average molecular weight is 221 g/mol. The Balaban J connectivity index is 0. The molecule has 0 aliphatic heterocycles. The summed E-state index contributed by atoms with van der Waals surface area (Å²) in [7, 11) is -4.61. The molecule has 0 amide bonds. The molecule has 6 heavy (non-hydrogen) atoms. The Morgan fingerprint density at radius 3 is 0.833 bits per heavy atom. The number of hydrogen-bond donors (Lipinski definition) is 4. The first-order valence-electron chi connectivity index (χ1n) is 0.894. The van der Waals surface area contributed by atoms with Crippen LogP contribution in [0.15, 0.2) is 0 Å². The fourth-order valence-electron chi connectivity index (χ4n) is 0. The standard InChI is InChI=1S/H4O4Si.Sb.3H/c1-5(2,3)4;;;;/h1-4H;;;;. The third-order valence-corrected chi connectivity index (χ3v) is 0. The Labute approximate surface area is 53.0 Å². The van der Waals surface area contributed by atoms with Crippen molar-refractivity contribution < 1.29 is 19.2 Å². The summed E-state index contributed by atoms with van der Waals surface area (Å²) in [6, 6.07) is 0. The van der Waals surface area contributed by atoms with Gasteiger partial charge in [-0.3, -0.25) is 0 Å². The first-order chi connectivity index (χ1) is 2.00. The van der Waals surface area contributed by atoms with Gasteiger partial charge in [0.15, 0.2) is 0 Å². The van der Waals surface area contributed by atoms with Gasteiger partial charge in [-0.1, -0.05) is 0 Å². The van der Waals surface area contributed by atoms with Crippen LogP contribution < -0.4 is 0 Å². The topological polar surface area (TPSA) is 80.9 Å². The summed E-state index contributed by atoms with van der Waals surface area (Å²) in [6.07, 6.45) is 0. The molecule has 4 nitrogen and oxygen atoms in total. The van der Waals surface area contributed by atoms with E-state index < -0.39 is 9.05 Å². The fourth-order valence-corrected chi connectivity index (χ4v) is 0. The molecule has 0 rings (SSSR count). The van der Waals surface area contributed by atoms with Crippen LogP contribution in [0.5, 0.6) is 0 Å². The van der Waals surface area contributed by atoms with Gasteiger partial charge in [0.25, 0.3) is 0 Å². The molecule has 0 aliphatic carbocycles. The van der Waals surface area contributed by atoms with E-state index in [1.165, 1.54) is 0 Å². The molecule has 40 valence electrons. The van der Waals surface area contributed by atoms with Crippen LogP contribution in [-0.2, 0) is 0 Å². The van der Waals surface area contributed by atoms with Crippen molar-refractivity contribution in [2.24, 2.45) is 0 Å². The SMILES string of the molecule is O[Si](O)(O)O.[SbH3]. The average Bonchev–Trinajstić information content (AvgIpc) is 0.722. The molecule has 0 aromatic carbocycles. The van der Waals surface area contributed by atoms with Gasteiger partial charge >= 0.3 is 33.5 Å². The predicted octanol–water partition coefficient (Wildman–Crippen LogP) is -3.79. The summed E-state index contributed by atoms with van der Waals surface area (Å²) in [5.41, 5.74) is 0. The Hall–Kier alpha value is 0.875. The van der Waals surface area contributed by atoms with Crippen molar-refractivity contribution in [1.29, 1.82) is 0 Å². The van der Waals surface area contributed by atoms with Gasteiger partial charge in [-0.2, -0.15) is 0 Å².